The van der Waals surface area contributed by atoms with Crippen LogP contribution in [0.4, 0.5) is 4.79 Å². The number of rotatable bonds is 14. The molecule has 0 saturated heterocycles. The third-order valence-electron chi connectivity index (χ3n) is 5.61. The number of amides is 3. The van der Waals surface area contributed by atoms with Crippen molar-refractivity contribution in [2.24, 2.45) is 11.8 Å². The van der Waals surface area contributed by atoms with Crippen LogP contribution >= 0.6 is 0 Å². The van der Waals surface area contributed by atoms with E-state index in [1.807, 2.05) is 94.6 Å². The zero-order valence-electron chi connectivity index (χ0n) is 22.0. The van der Waals surface area contributed by atoms with Gasteiger partial charge in [-0.2, -0.15) is 0 Å². The zero-order valence-corrected chi connectivity index (χ0v) is 22.0. The van der Waals surface area contributed by atoms with E-state index in [9.17, 15) is 19.2 Å². The second-order valence-corrected chi connectivity index (χ2v) is 9.95. The summed E-state index contributed by atoms with van der Waals surface area (Å²) in [6, 6.07) is 15.9. The van der Waals surface area contributed by atoms with Gasteiger partial charge in [0.15, 0.2) is 0 Å². The van der Waals surface area contributed by atoms with Gasteiger partial charge in [0.1, 0.15) is 18.7 Å². The lowest BCUT2D eigenvalue weighted by Gasteiger charge is -2.25. The molecule has 0 bridgehead atoms. The summed E-state index contributed by atoms with van der Waals surface area (Å²) in [6.07, 6.45) is 2.18. The minimum absolute atomic E-state index is 0.0755. The van der Waals surface area contributed by atoms with Crippen LogP contribution in [0.2, 0.25) is 0 Å². The van der Waals surface area contributed by atoms with Crippen LogP contribution in [0, 0.1) is 11.8 Å². The van der Waals surface area contributed by atoms with Gasteiger partial charge < -0.3 is 20.7 Å². The third-order valence-corrected chi connectivity index (χ3v) is 5.61. The van der Waals surface area contributed by atoms with Gasteiger partial charge in [-0.15, -0.1) is 0 Å². The molecular formula is C29H38N3O5. The Morgan fingerprint density at radius 1 is 0.730 bits per heavy atom. The van der Waals surface area contributed by atoms with Crippen molar-refractivity contribution < 1.29 is 23.9 Å². The highest BCUT2D eigenvalue weighted by atomic mass is 16.5. The van der Waals surface area contributed by atoms with Crippen LogP contribution in [0.15, 0.2) is 60.7 Å². The molecule has 0 aliphatic rings. The Bertz CT molecular complexity index is 995. The smallest absolute Gasteiger partial charge is 0.408 e. The first-order chi connectivity index (χ1) is 17.7. The van der Waals surface area contributed by atoms with Gasteiger partial charge in [0.25, 0.3) is 0 Å². The summed E-state index contributed by atoms with van der Waals surface area (Å²) in [7, 11) is 0. The fourth-order valence-corrected chi connectivity index (χ4v) is 3.83. The van der Waals surface area contributed by atoms with Crippen LogP contribution in [-0.2, 0) is 32.1 Å². The van der Waals surface area contributed by atoms with Crippen molar-refractivity contribution in [1.82, 2.24) is 16.0 Å². The van der Waals surface area contributed by atoms with Gasteiger partial charge in [0.05, 0.1) is 6.04 Å². The number of hydrogen-bond donors (Lipinski definition) is 3. The summed E-state index contributed by atoms with van der Waals surface area (Å²) in [5.41, 5.74) is 1.71. The molecule has 37 heavy (non-hydrogen) atoms. The summed E-state index contributed by atoms with van der Waals surface area (Å²) in [5, 5.41) is 8.10. The van der Waals surface area contributed by atoms with Crippen LogP contribution in [0.5, 0.6) is 0 Å². The molecule has 0 saturated carbocycles. The Morgan fingerprint density at radius 3 is 1.73 bits per heavy atom. The van der Waals surface area contributed by atoms with Gasteiger partial charge in [0, 0.05) is 6.42 Å². The molecule has 8 nitrogen and oxygen atoms in total. The molecule has 199 valence electrons. The van der Waals surface area contributed by atoms with E-state index in [4.69, 9.17) is 4.74 Å². The molecule has 8 heteroatoms. The molecule has 0 fully saturated rings. The van der Waals surface area contributed by atoms with E-state index in [-0.39, 0.29) is 18.4 Å². The number of carbonyl (C=O) groups excluding carboxylic acids is 4. The Balaban J connectivity index is 2.04. The molecule has 0 spiro atoms. The van der Waals surface area contributed by atoms with Crippen LogP contribution in [0.25, 0.3) is 0 Å². The normalized spacial score (nSPS) is 13.4. The molecule has 3 N–H and O–H groups in total. The Morgan fingerprint density at radius 2 is 1.22 bits per heavy atom. The monoisotopic (exact) mass is 508 g/mol. The lowest BCUT2D eigenvalue weighted by Crippen LogP contribution is -2.55. The Hall–Kier alpha value is -3.68. The molecule has 0 aliphatic heterocycles. The van der Waals surface area contributed by atoms with E-state index in [1.165, 1.54) is 0 Å². The standard InChI is InChI=1S/C29H38N3O5/c1-20(2)15-25(27(34)30-24(18-33)17-22-11-7-5-8-12-22)31-28(35)26(16-21(3)4)32-29(36)37-19-23-13-9-6-10-14-23/h5-14,20-21,24-26H,15-17,19H2,1-4H3,(H,30,34)(H,31,35)(H,32,36)/t24-,25-,26-/m0/s1. The zero-order chi connectivity index (χ0) is 27.2. The number of ether oxygens (including phenoxy) is 1. The maximum absolute atomic E-state index is 13.2. The summed E-state index contributed by atoms with van der Waals surface area (Å²) in [4.78, 5) is 50.2. The fourth-order valence-electron chi connectivity index (χ4n) is 3.83. The average molecular weight is 509 g/mol. The van der Waals surface area contributed by atoms with Crippen LogP contribution in [0.1, 0.15) is 51.7 Å². The van der Waals surface area contributed by atoms with Gasteiger partial charge in [-0.25, -0.2) is 4.79 Å². The quantitative estimate of drug-likeness (QED) is 0.360. The highest BCUT2D eigenvalue weighted by Crippen LogP contribution is 2.11. The van der Waals surface area contributed by atoms with Crippen molar-refractivity contribution >= 4 is 24.2 Å². The minimum Gasteiger partial charge on any atom is -0.445 e. The number of nitrogens with one attached hydrogen (secondary N) is 3. The average Bonchev–Trinajstić information content (AvgIpc) is 2.86. The molecule has 3 atom stereocenters. The number of carbonyl (C=O) groups is 3. The van der Waals surface area contributed by atoms with Gasteiger partial charge in [0.2, 0.25) is 18.1 Å². The molecule has 0 aromatic heterocycles. The Kier molecular flexibility index (Phi) is 12.3. The lowest BCUT2D eigenvalue weighted by atomic mass is 9.99. The molecule has 1 radical (unpaired) electrons. The highest BCUT2D eigenvalue weighted by Gasteiger charge is 2.29. The molecule has 2 aromatic carbocycles. The number of alkyl carbamates (subject to hydrolysis) is 1. The van der Waals surface area contributed by atoms with Crippen molar-refractivity contribution in [3.05, 3.63) is 71.8 Å². The van der Waals surface area contributed by atoms with Crippen molar-refractivity contribution in [1.29, 1.82) is 0 Å². The Labute approximate surface area is 219 Å². The molecule has 2 aromatic rings. The van der Waals surface area contributed by atoms with E-state index in [2.05, 4.69) is 16.0 Å². The summed E-state index contributed by atoms with van der Waals surface area (Å²) in [6.45, 7) is 7.81. The second-order valence-electron chi connectivity index (χ2n) is 9.95. The first-order valence-corrected chi connectivity index (χ1v) is 12.7. The predicted octanol–water partition coefficient (Wildman–Crippen LogP) is 3.70. The number of hydrogen-bond acceptors (Lipinski definition) is 5. The van der Waals surface area contributed by atoms with E-state index in [1.54, 1.807) is 0 Å². The van der Waals surface area contributed by atoms with Crippen LogP contribution < -0.4 is 16.0 Å². The lowest BCUT2D eigenvalue weighted by molar-refractivity contribution is -0.130. The molecular weight excluding hydrogens is 470 g/mol. The van der Waals surface area contributed by atoms with Crippen molar-refractivity contribution in [3.8, 4) is 0 Å². The maximum Gasteiger partial charge on any atom is 0.408 e. The summed E-state index contributed by atoms with van der Waals surface area (Å²) < 4.78 is 5.28. The topological polar surface area (TPSA) is 114 Å². The van der Waals surface area contributed by atoms with Crippen LogP contribution in [-0.4, -0.2) is 42.3 Å². The van der Waals surface area contributed by atoms with Gasteiger partial charge >= 0.3 is 6.09 Å². The van der Waals surface area contributed by atoms with E-state index >= 15 is 0 Å². The second kappa shape index (κ2) is 15.4. The molecule has 0 unspecified atom stereocenters. The third kappa shape index (κ3) is 11.3. The van der Waals surface area contributed by atoms with Gasteiger partial charge in [-0.05, 0) is 35.8 Å². The molecule has 0 aliphatic carbocycles. The highest BCUT2D eigenvalue weighted by molar-refractivity contribution is 5.92. The first-order valence-electron chi connectivity index (χ1n) is 12.7. The minimum atomic E-state index is -0.886. The van der Waals surface area contributed by atoms with Gasteiger partial charge in [-0.1, -0.05) is 88.4 Å². The molecule has 3 amide bonds. The van der Waals surface area contributed by atoms with E-state index in [0.29, 0.717) is 19.3 Å². The SMILES string of the molecule is CC(C)C[C@H](NC(=O)OCc1ccccc1)C(=O)N[C@@H](CC(C)C)C(=O)N[C@H]([C]=O)Cc1ccccc1. The summed E-state index contributed by atoms with van der Waals surface area (Å²) >= 11 is 0. The molecule has 2 rings (SSSR count). The largest absolute Gasteiger partial charge is 0.445 e. The van der Waals surface area contributed by atoms with E-state index < -0.39 is 36.0 Å². The van der Waals surface area contributed by atoms with Crippen molar-refractivity contribution in [2.75, 3.05) is 0 Å². The number of benzene rings is 2. The molecule has 0 heterocycles. The first kappa shape index (κ1) is 29.5. The summed E-state index contributed by atoms with van der Waals surface area (Å²) in [5.74, 6) is -0.763. The maximum atomic E-state index is 13.2. The van der Waals surface area contributed by atoms with Gasteiger partial charge in [-0.3, -0.25) is 14.4 Å². The van der Waals surface area contributed by atoms with E-state index in [0.717, 1.165) is 11.1 Å². The van der Waals surface area contributed by atoms with Crippen molar-refractivity contribution in [3.63, 3.8) is 0 Å². The fraction of sp³-hybridized carbons (Fsp3) is 0.448. The van der Waals surface area contributed by atoms with Crippen molar-refractivity contribution in [2.45, 2.75) is 71.7 Å². The van der Waals surface area contributed by atoms with Crippen LogP contribution in [0.3, 0.4) is 0 Å². The predicted molar refractivity (Wildman–Crippen MR) is 142 cm³/mol.